The maximum atomic E-state index is 12.6. The molecule has 0 aromatic carbocycles. The maximum Gasteiger partial charge on any atom is 0.274 e. The zero-order valence-corrected chi connectivity index (χ0v) is 12.8. The van der Waals surface area contributed by atoms with Crippen molar-refractivity contribution in [3.05, 3.63) is 18.0 Å². The summed E-state index contributed by atoms with van der Waals surface area (Å²) in [4.78, 5) is 16.7. The maximum absolute atomic E-state index is 12.6. The molecule has 1 aromatic rings. The molecule has 5 heteroatoms. The lowest BCUT2D eigenvalue weighted by Gasteiger charge is -2.56. The Hall–Kier alpha value is -1.78. The Labute approximate surface area is 130 Å². The predicted octanol–water partition coefficient (Wildman–Crippen LogP) is 2.49. The van der Waals surface area contributed by atoms with Crippen LogP contribution in [0.25, 0.3) is 0 Å². The average Bonchev–Trinajstić information content (AvgIpc) is 2.45. The number of methoxy groups -OCH3 is 1. The van der Waals surface area contributed by atoms with Gasteiger partial charge in [-0.25, -0.2) is 4.98 Å². The Bertz CT molecular complexity index is 579. The largest absolute Gasteiger partial charge is 0.503 e. The lowest BCUT2D eigenvalue weighted by Crippen LogP contribution is -2.59. The summed E-state index contributed by atoms with van der Waals surface area (Å²) in [5.41, 5.74) is -0.0154. The standard InChI is InChI=1S/C17H22N2O3/c1-22-13-2-3-18-14(15(13)20)16(21)19-17-7-10-4-11(8-17)6-12(5-10)9-17/h2-3,10-12,20H,4-9H2,1H3,(H,19,21). The summed E-state index contributed by atoms with van der Waals surface area (Å²) in [5, 5.41) is 13.3. The van der Waals surface area contributed by atoms with Crippen molar-refractivity contribution in [3.8, 4) is 11.5 Å². The molecule has 1 amide bonds. The van der Waals surface area contributed by atoms with E-state index in [1.54, 1.807) is 6.07 Å². The van der Waals surface area contributed by atoms with Gasteiger partial charge in [0.25, 0.3) is 5.91 Å². The second-order valence-corrected chi connectivity index (χ2v) is 7.36. The van der Waals surface area contributed by atoms with Crippen LogP contribution in [0.4, 0.5) is 0 Å². The number of nitrogens with zero attached hydrogens (tertiary/aromatic N) is 1. The Morgan fingerprint density at radius 1 is 1.27 bits per heavy atom. The number of nitrogens with one attached hydrogen (secondary N) is 1. The molecular formula is C17H22N2O3. The van der Waals surface area contributed by atoms with Gasteiger partial charge in [-0.2, -0.15) is 0 Å². The Morgan fingerprint density at radius 3 is 2.41 bits per heavy atom. The SMILES string of the molecule is COc1ccnc(C(=O)NC23CC4CC(CC(C4)C2)C3)c1O. The molecule has 0 atom stereocenters. The zero-order chi connectivity index (χ0) is 15.3. The molecule has 0 unspecified atom stereocenters. The first kappa shape index (κ1) is 13.9. The molecule has 4 bridgehead atoms. The third-order valence-corrected chi connectivity index (χ3v) is 5.74. The van der Waals surface area contributed by atoms with Gasteiger partial charge < -0.3 is 15.2 Å². The summed E-state index contributed by atoms with van der Waals surface area (Å²) in [6.07, 6.45) is 8.72. The van der Waals surface area contributed by atoms with Gasteiger partial charge in [0.2, 0.25) is 0 Å². The summed E-state index contributed by atoms with van der Waals surface area (Å²) < 4.78 is 5.06. The summed E-state index contributed by atoms with van der Waals surface area (Å²) in [6, 6.07) is 1.55. The molecule has 4 aliphatic carbocycles. The highest BCUT2D eigenvalue weighted by Gasteiger charge is 2.51. The van der Waals surface area contributed by atoms with Crippen LogP contribution in [-0.4, -0.2) is 28.6 Å². The molecule has 0 spiro atoms. The number of hydrogen-bond donors (Lipinski definition) is 2. The third kappa shape index (κ3) is 2.14. The Morgan fingerprint density at radius 2 is 1.86 bits per heavy atom. The zero-order valence-electron chi connectivity index (χ0n) is 12.8. The van der Waals surface area contributed by atoms with Crippen molar-refractivity contribution in [1.29, 1.82) is 0 Å². The summed E-state index contributed by atoms with van der Waals surface area (Å²) in [5.74, 6) is 2.12. The number of ether oxygens (including phenoxy) is 1. The fourth-order valence-corrected chi connectivity index (χ4v) is 5.33. The number of rotatable bonds is 3. The van der Waals surface area contributed by atoms with Gasteiger partial charge in [-0.05, 0) is 56.3 Å². The first-order valence-corrected chi connectivity index (χ1v) is 8.13. The highest BCUT2D eigenvalue weighted by atomic mass is 16.5. The number of pyridine rings is 1. The molecule has 0 aliphatic heterocycles. The van der Waals surface area contributed by atoms with Gasteiger partial charge in [-0.15, -0.1) is 0 Å². The van der Waals surface area contributed by atoms with E-state index < -0.39 is 0 Å². The third-order valence-electron chi connectivity index (χ3n) is 5.74. The highest BCUT2D eigenvalue weighted by molar-refractivity contribution is 5.96. The molecule has 5 rings (SSSR count). The number of hydrogen-bond acceptors (Lipinski definition) is 4. The normalized spacial score (nSPS) is 35.4. The van der Waals surface area contributed by atoms with Crippen molar-refractivity contribution >= 4 is 5.91 Å². The monoisotopic (exact) mass is 302 g/mol. The van der Waals surface area contributed by atoms with Crippen LogP contribution in [0.2, 0.25) is 0 Å². The van der Waals surface area contributed by atoms with Crippen molar-refractivity contribution in [3.63, 3.8) is 0 Å². The smallest absolute Gasteiger partial charge is 0.274 e. The molecular weight excluding hydrogens is 280 g/mol. The minimum absolute atomic E-state index is 0.0649. The van der Waals surface area contributed by atoms with Crippen LogP contribution in [0.15, 0.2) is 12.3 Å². The van der Waals surface area contributed by atoms with E-state index in [0.717, 1.165) is 37.0 Å². The summed E-state index contributed by atoms with van der Waals surface area (Å²) in [7, 11) is 1.47. The van der Waals surface area contributed by atoms with Crippen LogP contribution < -0.4 is 10.1 Å². The molecule has 4 saturated carbocycles. The molecule has 22 heavy (non-hydrogen) atoms. The van der Waals surface area contributed by atoms with Crippen LogP contribution in [-0.2, 0) is 0 Å². The van der Waals surface area contributed by atoms with E-state index in [-0.39, 0.29) is 28.6 Å². The number of carbonyl (C=O) groups is 1. The molecule has 2 N–H and O–H groups in total. The lowest BCUT2D eigenvalue weighted by atomic mass is 9.53. The second-order valence-electron chi connectivity index (χ2n) is 7.36. The fourth-order valence-electron chi connectivity index (χ4n) is 5.33. The van der Waals surface area contributed by atoms with Gasteiger partial charge in [-0.3, -0.25) is 4.79 Å². The van der Waals surface area contributed by atoms with Crippen molar-refractivity contribution < 1.29 is 14.6 Å². The molecule has 0 radical (unpaired) electrons. The van der Waals surface area contributed by atoms with E-state index >= 15 is 0 Å². The average molecular weight is 302 g/mol. The second kappa shape index (κ2) is 4.86. The number of aromatic nitrogens is 1. The van der Waals surface area contributed by atoms with E-state index in [4.69, 9.17) is 4.74 Å². The first-order valence-electron chi connectivity index (χ1n) is 8.13. The van der Waals surface area contributed by atoms with Crippen LogP contribution in [0.3, 0.4) is 0 Å². The summed E-state index contributed by atoms with van der Waals surface area (Å²) in [6.45, 7) is 0. The van der Waals surface area contributed by atoms with Gasteiger partial charge in [0.1, 0.15) is 0 Å². The Kier molecular flexibility index (Phi) is 3.06. The van der Waals surface area contributed by atoms with Gasteiger partial charge in [0, 0.05) is 17.8 Å². The van der Waals surface area contributed by atoms with Gasteiger partial charge >= 0.3 is 0 Å². The molecule has 5 nitrogen and oxygen atoms in total. The van der Waals surface area contributed by atoms with Crippen molar-refractivity contribution in [2.45, 2.75) is 44.1 Å². The molecule has 1 heterocycles. The number of aromatic hydroxyl groups is 1. The Balaban J connectivity index is 1.57. The molecule has 1 aromatic heterocycles. The first-order chi connectivity index (χ1) is 10.6. The van der Waals surface area contributed by atoms with Crippen LogP contribution in [0, 0.1) is 17.8 Å². The fraction of sp³-hybridized carbons (Fsp3) is 0.647. The number of amides is 1. The highest BCUT2D eigenvalue weighted by Crippen LogP contribution is 2.55. The van der Waals surface area contributed by atoms with Crippen molar-refractivity contribution in [2.75, 3.05) is 7.11 Å². The van der Waals surface area contributed by atoms with E-state index in [2.05, 4.69) is 10.3 Å². The van der Waals surface area contributed by atoms with Crippen LogP contribution >= 0.6 is 0 Å². The predicted molar refractivity (Wildman–Crippen MR) is 80.8 cm³/mol. The molecule has 4 fully saturated rings. The van der Waals surface area contributed by atoms with Crippen LogP contribution in [0.5, 0.6) is 11.5 Å². The van der Waals surface area contributed by atoms with Crippen molar-refractivity contribution in [1.82, 2.24) is 10.3 Å². The topological polar surface area (TPSA) is 71.5 Å². The minimum Gasteiger partial charge on any atom is -0.503 e. The van der Waals surface area contributed by atoms with Gasteiger partial charge in [0.05, 0.1) is 7.11 Å². The van der Waals surface area contributed by atoms with E-state index in [1.807, 2.05) is 0 Å². The van der Waals surface area contributed by atoms with E-state index in [0.29, 0.717) is 0 Å². The molecule has 0 saturated heterocycles. The minimum atomic E-state index is -0.279. The molecule has 118 valence electrons. The quantitative estimate of drug-likeness (QED) is 0.900. The van der Waals surface area contributed by atoms with Gasteiger partial charge in [-0.1, -0.05) is 0 Å². The summed E-state index contributed by atoms with van der Waals surface area (Å²) >= 11 is 0. The molecule has 4 aliphatic rings. The van der Waals surface area contributed by atoms with E-state index in [9.17, 15) is 9.90 Å². The van der Waals surface area contributed by atoms with Crippen molar-refractivity contribution in [2.24, 2.45) is 17.8 Å². The van der Waals surface area contributed by atoms with Gasteiger partial charge in [0.15, 0.2) is 17.2 Å². The lowest BCUT2D eigenvalue weighted by molar-refractivity contribution is -0.0168. The number of carbonyl (C=O) groups excluding carboxylic acids is 1. The van der Waals surface area contributed by atoms with E-state index in [1.165, 1.54) is 32.6 Å². The van der Waals surface area contributed by atoms with Crippen LogP contribution in [0.1, 0.15) is 49.0 Å².